The van der Waals surface area contributed by atoms with Gasteiger partial charge in [-0.2, -0.15) is 0 Å². The summed E-state index contributed by atoms with van der Waals surface area (Å²) in [7, 11) is 0. The molecule has 0 saturated heterocycles. The maximum absolute atomic E-state index is 12.2. The highest BCUT2D eigenvalue weighted by Crippen LogP contribution is 2.59. The first-order valence-electron chi connectivity index (χ1n) is 6.20. The Morgan fingerprint density at radius 2 is 2.17 bits per heavy atom. The van der Waals surface area contributed by atoms with Gasteiger partial charge in [0.2, 0.25) is 5.91 Å². The van der Waals surface area contributed by atoms with Gasteiger partial charge < -0.3 is 5.32 Å². The maximum Gasteiger partial charge on any atom is 0.230 e. The molecule has 0 unspecified atom stereocenters. The average molecular weight is 264 g/mol. The standard InChI is InChI=1S/C14H20N2OS/c1-8(2)6-10-11(14(10,4)5)12(17)16-13-15-9(3)7-18-13/h6-7,10-11H,1-5H3,(H,15,16,17)/t10-,11+/m0/s1. The summed E-state index contributed by atoms with van der Waals surface area (Å²) in [5.41, 5.74) is 2.29. The molecule has 3 nitrogen and oxygen atoms in total. The lowest BCUT2D eigenvalue weighted by Gasteiger charge is -2.02. The van der Waals surface area contributed by atoms with Crippen molar-refractivity contribution in [3.63, 3.8) is 0 Å². The van der Waals surface area contributed by atoms with Gasteiger partial charge in [-0.1, -0.05) is 25.5 Å². The summed E-state index contributed by atoms with van der Waals surface area (Å²) < 4.78 is 0. The second-order valence-electron chi connectivity index (χ2n) is 5.85. The van der Waals surface area contributed by atoms with Crippen molar-refractivity contribution in [2.45, 2.75) is 34.6 Å². The summed E-state index contributed by atoms with van der Waals surface area (Å²) in [6.07, 6.45) is 2.21. The van der Waals surface area contributed by atoms with E-state index in [0.717, 1.165) is 5.69 Å². The summed E-state index contributed by atoms with van der Waals surface area (Å²) in [6, 6.07) is 0. The quantitative estimate of drug-likeness (QED) is 0.847. The molecule has 1 aromatic rings. The average Bonchev–Trinajstić information content (AvgIpc) is 2.56. The fourth-order valence-corrected chi connectivity index (χ4v) is 3.13. The van der Waals surface area contributed by atoms with Crippen molar-refractivity contribution in [2.24, 2.45) is 17.3 Å². The van der Waals surface area contributed by atoms with Gasteiger partial charge in [0.15, 0.2) is 5.13 Å². The molecule has 0 aliphatic heterocycles. The number of hydrogen-bond donors (Lipinski definition) is 1. The summed E-state index contributed by atoms with van der Waals surface area (Å²) in [6.45, 7) is 10.4. The molecule has 0 bridgehead atoms. The monoisotopic (exact) mass is 264 g/mol. The van der Waals surface area contributed by atoms with Crippen molar-refractivity contribution < 1.29 is 4.79 Å². The Bertz CT molecular complexity index is 498. The van der Waals surface area contributed by atoms with Gasteiger partial charge in [0.05, 0.1) is 11.6 Å². The van der Waals surface area contributed by atoms with E-state index in [1.54, 1.807) is 0 Å². The lowest BCUT2D eigenvalue weighted by molar-refractivity contribution is -0.118. The van der Waals surface area contributed by atoms with E-state index in [0.29, 0.717) is 11.0 Å². The topological polar surface area (TPSA) is 42.0 Å². The number of anilines is 1. The minimum absolute atomic E-state index is 0.0632. The molecule has 4 heteroatoms. The molecular formula is C14H20N2OS. The molecule has 18 heavy (non-hydrogen) atoms. The number of carbonyl (C=O) groups is 1. The summed E-state index contributed by atoms with van der Waals surface area (Å²) in [4.78, 5) is 16.5. The Morgan fingerprint density at radius 1 is 1.50 bits per heavy atom. The number of nitrogens with zero attached hydrogens (tertiary/aromatic N) is 1. The lowest BCUT2D eigenvalue weighted by atomic mass is 10.1. The fourth-order valence-electron chi connectivity index (χ4n) is 2.44. The first-order chi connectivity index (χ1) is 8.32. The van der Waals surface area contributed by atoms with Gasteiger partial charge in [-0.05, 0) is 32.1 Å². The van der Waals surface area contributed by atoms with E-state index in [-0.39, 0.29) is 17.2 Å². The number of aromatic nitrogens is 1. The van der Waals surface area contributed by atoms with E-state index in [1.165, 1.54) is 16.9 Å². The van der Waals surface area contributed by atoms with Crippen LogP contribution < -0.4 is 5.32 Å². The minimum atomic E-state index is 0.0632. The van der Waals surface area contributed by atoms with Crippen LogP contribution in [0.2, 0.25) is 0 Å². The van der Waals surface area contributed by atoms with Crippen LogP contribution in [-0.2, 0) is 4.79 Å². The van der Waals surface area contributed by atoms with Crippen molar-refractivity contribution in [1.29, 1.82) is 0 Å². The zero-order valence-electron chi connectivity index (χ0n) is 11.6. The van der Waals surface area contributed by atoms with Gasteiger partial charge in [-0.3, -0.25) is 4.79 Å². The number of carbonyl (C=O) groups excluding carboxylic acids is 1. The molecular weight excluding hydrogens is 244 g/mol. The van der Waals surface area contributed by atoms with Crippen LogP contribution in [0.3, 0.4) is 0 Å². The van der Waals surface area contributed by atoms with Gasteiger partial charge in [-0.15, -0.1) is 11.3 Å². The van der Waals surface area contributed by atoms with Crippen molar-refractivity contribution >= 4 is 22.4 Å². The van der Waals surface area contributed by atoms with Crippen LogP contribution in [0.5, 0.6) is 0 Å². The number of aryl methyl sites for hydroxylation is 1. The Labute approximate surface area is 112 Å². The van der Waals surface area contributed by atoms with Crippen molar-refractivity contribution in [2.75, 3.05) is 5.32 Å². The first kappa shape index (κ1) is 13.3. The van der Waals surface area contributed by atoms with Crippen LogP contribution in [0.4, 0.5) is 5.13 Å². The van der Waals surface area contributed by atoms with Gasteiger partial charge >= 0.3 is 0 Å². The van der Waals surface area contributed by atoms with Gasteiger partial charge in [0.1, 0.15) is 0 Å². The third kappa shape index (κ3) is 2.48. The number of amides is 1. The van der Waals surface area contributed by atoms with Gasteiger partial charge in [0, 0.05) is 5.38 Å². The Balaban J connectivity index is 2.05. The molecule has 0 spiro atoms. The molecule has 1 amide bonds. The molecule has 1 heterocycles. The summed E-state index contributed by atoms with van der Waals surface area (Å²) in [5.74, 6) is 0.511. The Kier molecular flexibility index (Phi) is 3.32. The van der Waals surface area contributed by atoms with E-state index in [1.807, 2.05) is 12.3 Å². The zero-order valence-corrected chi connectivity index (χ0v) is 12.4. The van der Waals surface area contributed by atoms with Gasteiger partial charge in [0.25, 0.3) is 0 Å². The molecule has 0 aromatic carbocycles. The third-order valence-electron chi connectivity index (χ3n) is 3.56. The van der Waals surface area contributed by atoms with Crippen molar-refractivity contribution in [3.8, 4) is 0 Å². The number of hydrogen-bond acceptors (Lipinski definition) is 3. The number of nitrogens with one attached hydrogen (secondary N) is 1. The predicted octanol–water partition coefficient (Wildman–Crippen LogP) is 3.63. The van der Waals surface area contributed by atoms with Crippen LogP contribution in [-0.4, -0.2) is 10.9 Å². The van der Waals surface area contributed by atoms with Gasteiger partial charge in [-0.25, -0.2) is 4.98 Å². The Morgan fingerprint density at radius 3 is 2.67 bits per heavy atom. The lowest BCUT2D eigenvalue weighted by Crippen LogP contribution is -2.16. The highest BCUT2D eigenvalue weighted by Gasteiger charge is 2.60. The van der Waals surface area contributed by atoms with E-state index in [4.69, 9.17) is 0 Å². The highest BCUT2D eigenvalue weighted by atomic mass is 32.1. The molecule has 1 aromatic heterocycles. The highest BCUT2D eigenvalue weighted by molar-refractivity contribution is 7.13. The third-order valence-corrected chi connectivity index (χ3v) is 4.43. The molecule has 1 N–H and O–H groups in total. The molecule has 1 fully saturated rings. The largest absolute Gasteiger partial charge is 0.302 e. The summed E-state index contributed by atoms with van der Waals surface area (Å²) >= 11 is 1.48. The number of rotatable bonds is 3. The molecule has 2 atom stereocenters. The van der Waals surface area contributed by atoms with Crippen molar-refractivity contribution in [3.05, 3.63) is 22.7 Å². The molecule has 98 valence electrons. The second-order valence-corrected chi connectivity index (χ2v) is 6.71. The molecule has 1 aliphatic rings. The van der Waals surface area contributed by atoms with E-state index >= 15 is 0 Å². The van der Waals surface area contributed by atoms with Crippen LogP contribution in [0.15, 0.2) is 17.0 Å². The van der Waals surface area contributed by atoms with Crippen LogP contribution in [0.25, 0.3) is 0 Å². The fraction of sp³-hybridized carbons (Fsp3) is 0.571. The van der Waals surface area contributed by atoms with E-state index in [2.05, 4.69) is 44.1 Å². The second kappa shape index (κ2) is 4.50. The SMILES string of the molecule is CC(C)=C[C@H]1[C@H](C(=O)Nc2nc(C)cs2)C1(C)C. The smallest absolute Gasteiger partial charge is 0.230 e. The van der Waals surface area contributed by atoms with E-state index < -0.39 is 0 Å². The Hall–Kier alpha value is -1.16. The molecule has 1 aliphatic carbocycles. The summed E-state index contributed by atoms with van der Waals surface area (Å²) in [5, 5.41) is 5.57. The minimum Gasteiger partial charge on any atom is -0.302 e. The first-order valence-corrected chi connectivity index (χ1v) is 7.08. The normalized spacial score (nSPS) is 24.5. The van der Waals surface area contributed by atoms with Crippen molar-refractivity contribution in [1.82, 2.24) is 4.98 Å². The zero-order chi connectivity index (χ0) is 13.5. The van der Waals surface area contributed by atoms with Crippen LogP contribution >= 0.6 is 11.3 Å². The maximum atomic E-state index is 12.2. The molecule has 2 rings (SSSR count). The molecule has 0 radical (unpaired) electrons. The van der Waals surface area contributed by atoms with Crippen LogP contribution in [0.1, 0.15) is 33.4 Å². The van der Waals surface area contributed by atoms with E-state index in [9.17, 15) is 4.79 Å². The molecule has 1 saturated carbocycles. The number of thiazole rings is 1. The number of allylic oxidation sites excluding steroid dienone is 2. The van der Waals surface area contributed by atoms with Crippen LogP contribution in [0, 0.1) is 24.2 Å². The predicted molar refractivity (Wildman–Crippen MR) is 75.7 cm³/mol.